The summed E-state index contributed by atoms with van der Waals surface area (Å²) >= 11 is 0. The zero-order valence-corrected chi connectivity index (χ0v) is 17.3. The van der Waals surface area contributed by atoms with Crippen molar-refractivity contribution in [3.05, 3.63) is 112 Å². The first-order valence-electron chi connectivity index (χ1n) is 10.2. The molecule has 8 nitrogen and oxygen atoms in total. The summed E-state index contributed by atoms with van der Waals surface area (Å²) in [6, 6.07) is 22.4. The van der Waals surface area contributed by atoms with Crippen LogP contribution in [0.5, 0.6) is 0 Å². The van der Waals surface area contributed by atoms with Gasteiger partial charge in [-0.15, -0.1) is 0 Å². The number of benzene rings is 3. The number of carbonyl (C=O) groups is 2. The number of aromatic nitrogens is 1. The largest absolute Gasteiger partial charge is 0.342 e. The highest BCUT2D eigenvalue weighted by Crippen LogP contribution is 2.27. The van der Waals surface area contributed by atoms with Gasteiger partial charge < -0.3 is 9.88 Å². The van der Waals surface area contributed by atoms with Gasteiger partial charge in [0.15, 0.2) is 0 Å². The van der Waals surface area contributed by atoms with Gasteiger partial charge in [-0.25, -0.2) is 9.69 Å². The Morgan fingerprint density at radius 3 is 2.48 bits per heavy atom. The number of para-hydroxylation sites is 2. The molecule has 8 heteroatoms. The van der Waals surface area contributed by atoms with Gasteiger partial charge in [-0.1, -0.05) is 48.5 Å². The lowest BCUT2D eigenvalue weighted by Crippen LogP contribution is -2.30. The Labute approximate surface area is 188 Å². The summed E-state index contributed by atoms with van der Waals surface area (Å²) in [5, 5.41) is 14.7. The Morgan fingerprint density at radius 1 is 0.939 bits per heavy atom. The first kappa shape index (κ1) is 20.2. The number of nitro benzene ring substituents is 1. The highest BCUT2D eigenvalue weighted by Gasteiger charge is 2.34. The van der Waals surface area contributed by atoms with Gasteiger partial charge in [0.25, 0.3) is 11.6 Å². The molecule has 0 spiro atoms. The number of rotatable bonds is 5. The number of fused-ring (bicyclic) bond motifs is 1. The number of non-ortho nitro benzene ring substituents is 1. The summed E-state index contributed by atoms with van der Waals surface area (Å²) in [5.74, 6) is -0.429. The monoisotopic (exact) mass is 438 g/mol. The van der Waals surface area contributed by atoms with Crippen LogP contribution < -0.4 is 10.2 Å². The highest BCUT2D eigenvalue weighted by molar-refractivity contribution is 6.28. The van der Waals surface area contributed by atoms with Crippen molar-refractivity contribution in [2.45, 2.75) is 6.54 Å². The molecule has 1 fully saturated rings. The number of amides is 3. The SMILES string of the molecule is O=C1N/C(=C/c2cn(Cc3cccc([N+](=O)[O-])c3)c3ccccc23)C(=O)N1c1ccccc1. The molecule has 0 bridgehead atoms. The van der Waals surface area contributed by atoms with Crippen LogP contribution >= 0.6 is 0 Å². The number of nitrogens with zero attached hydrogens (tertiary/aromatic N) is 3. The Bertz CT molecular complexity index is 1440. The van der Waals surface area contributed by atoms with E-state index < -0.39 is 16.9 Å². The maximum atomic E-state index is 13.0. The predicted molar refractivity (Wildman–Crippen MR) is 125 cm³/mol. The van der Waals surface area contributed by atoms with Gasteiger partial charge in [-0.3, -0.25) is 14.9 Å². The Hall–Kier alpha value is -4.72. The number of hydrogen-bond acceptors (Lipinski definition) is 4. The lowest BCUT2D eigenvalue weighted by atomic mass is 10.1. The normalized spacial score (nSPS) is 14.8. The van der Waals surface area contributed by atoms with Crippen molar-refractivity contribution in [2.24, 2.45) is 0 Å². The van der Waals surface area contributed by atoms with E-state index in [4.69, 9.17) is 0 Å². The van der Waals surface area contributed by atoms with Crippen LogP contribution in [0.1, 0.15) is 11.1 Å². The lowest BCUT2D eigenvalue weighted by Gasteiger charge is -2.10. The molecule has 1 aliphatic heterocycles. The van der Waals surface area contributed by atoms with Crippen molar-refractivity contribution >= 4 is 40.3 Å². The minimum atomic E-state index is -0.502. The summed E-state index contributed by atoms with van der Waals surface area (Å²) < 4.78 is 1.97. The molecule has 0 unspecified atom stereocenters. The Balaban J connectivity index is 1.52. The van der Waals surface area contributed by atoms with Crippen LogP contribution in [0, 0.1) is 10.1 Å². The van der Waals surface area contributed by atoms with Gasteiger partial charge in [0.2, 0.25) is 0 Å². The van der Waals surface area contributed by atoms with E-state index >= 15 is 0 Å². The molecule has 0 aliphatic carbocycles. The minimum Gasteiger partial charge on any atom is -0.342 e. The topological polar surface area (TPSA) is 97.5 Å². The van der Waals surface area contributed by atoms with E-state index in [1.165, 1.54) is 6.07 Å². The van der Waals surface area contributed by atoms with Crippen LogP contribution in [0.3, 0.4) is 0 Å². The Kier molecular flexibility index (Phi) is 4.95. The van der Waals surface area contributed by atoms with E-state index in [9.17, 15) is 19.7 Å². The molecule has 162 valence electrons. The maximum absolute atomic E-state index is 13.0. The molecule has 1 aromatic heterocycles. The number of imide groups is 1. The first-order chi connectivity index (χ1) is 16.0. The minimum absolute atomic E-state index is 0.0339. The molecular weight excluding hydrogens is 420 g/mol. The number of nitrogens with one attached hydrogen (secondary N) is 1. The van der Waals surface area contributed by atoms with Gasteiger partial charge in [0.05, 0.1) is 10.6 Å². The summed E-state index contributed by atoms with van der Waals surface area (Å²) in [5.41, 5.74) is 3.16. The van der Waals surface area contributed by atoms with Gasteiger partial charge in [0, 0.05) is 41.3 Å². The van der Waals surface area contributed by atoms with Crippen LogP contribution in [0.25, 0.3) is 17.0 Å². The zero-order valence-electron chi connectivity index (χ0n) is 17.3. The molecule has 0 saturated carbocycles. The molecule has 0 atom stereocenters. The van der Waals surface area contributed by atoms with Crippen LogP contribution in [0.2, 0.25) is 0 Å². The fourth-order valence-electron chi connectivity index (χ4n) is 3.99. The lowest BCUT2D eigenvalue weighted by molar-refractivity contribution is -0.384. The molecule has 0 radical (unpaired) electrons. The smallest absolute Gasteiger partial charge is 0.333 e. The summed E-state index contributed by atoms with van der Waals surface area (Å²) in [6.45, 7) is 0.418. The quantitative estimate of drug-likeness (QED) is 0.211. The molecule has 2 heterocycles. The second-order valence-corrected chi connectivity index (χ2v) is 7.62. The predicted octanol–water partition coefficient (Wildman–Crippen LogP) is 4.70. The third kappa shape index (κ3) is 3.74. The van der Waals surface area contributed by atoms with Crippen LogP contribution in [0.15, 0.2) is 90.8 Å². The summed E-state index contributed by atoms with van der Waals surface area (Å²) in [6.07, 6.45) is 3.54. The van der Waals surface area contributed by atoms with Crippen molar-refractivity contribution in [1.29, 1.82) is 0 Å². The molecule has 3 aromatic carbocycles. The average molecular weight is 438 g/mol. The third-order valence-corrected chi connectivity index (χ3v) is 5.49. The van der Waals surface area contributed by atoms with Crippen molar-refractivity contribution in [3.63, 3.8) is 0 Å². The van der Waals surface area contributed by atoms with Crippen LogP contribution in [-0.4, -0.2) is 21.4 Å². The fourth-order valence-corrected chi connectivity index (χ4v) is 3.99. The number of nitro groups is 1. The number of anilines is 1. The number of urea groups is 1. The zero-order chi connectivity index (χ0) is 22.9. The van der Waals surface area contributed by atoms with Crippen LogP contribution in [0.4, 0.5) is 16.2 Å². The van der Waals surface area contributed by atoms with E-state index in [0.29, 0.717) is 12.2 Å². The van der Waals surface area contributed by atoms with Gasteiger partial charge >= 0.3 is 6.03 Å². The number of carbonyl (C=O) groups excluding carboxylic acids is 2. The molecule has 5 rings (SSSR count). The third-order valence-electron chi connectivity index (χ3n) is 5.49. The molecule has 33 heavy (non-hydrogen) atoms. The fraction of sp³-hybridized carbons (Fsp3) is 0.0400. The van der Waals surface area contributed by atoms with Gasteiger partial charge in [0.1, 0.15) is 5.70 Å². The Morgan fingerprint density at radius 2 is 1.70 bits per heavy atom. The number of hydrogen-bond donors (Lipinski definition) is 1. The second kappa shape index (κ2) is 8.08. The molecule has 1 aliphatic rings. The maximum Gasteiger partial charge on any atom is 0.333 e. The summed E-state index contributed by atoms with van der Waals surface area (Å²) in [7, 11) is 0. The van der Waals surface area contributed by atoms with Crippen molar-refractivity contribution < 1.29 is 14.5 Å². The van der Waals surface area contributed by atoms with Gasteiger partial charge in [-0.05, 0) is 29.8 Å². The van der Waals surface area contributed by atoms with Gasteiger partial charge in [-0.2, -0.15) is 0 Å². The standard InChI is InChI=1S/C25H18N4O4/c30-24-22(26-25(31)28(24)19-8-2-1-3-9-19)14-18-16-27(23-12-5-4-11-21(18)23)15-17-7-6-10-20(13-17)29(32)33/h1-14,16H,15H2,(H,26,31)/b22-14+. The molecular formula is C25H18N4O4. The second-order valence-electron chi connectivity index (χ2n) is 7.62. The molecule has 1 saturated heterocycles. The van der Waals surface area contributed by atoms with E-state index in [2.05, 4.69) is 5.32 Å². The van der Waals surface area contributed by atoms with Crippen molar-refractivity contribution in [3.8, 4) is 0 Å². The van der Waals surface area contributed by atoms with Crippen molar-refractivity contribution in [1.82, 2.24) is 9.88 Å². The molecule has 4 aromatic rings. The first-order valence-corrected chi connectivity index (χ1v) is 10.2. The summed E-state index contributed by atoms with van der Waals surface area (Å²) in [4.78, 5) is 37.2. The van der Waals surface area contributed by atoms with Crippen LogP contribution in [-0.2, 0) is 11.3 Å². The van der Waals surface area contributed by atoms with Crippen molar-refractivity contribution in [2.75, 3.05) is 4.90 Å². The van der Waals surface area contributed by atoms with E-state index in [0.717, 1.165) is 26.9 Å². The van der Waals surface area contributed by atoms with E-state index in [1.807, 2.05) is 47.2 Å². The highest BCUT2D eigenvalue weighted by atomic mass is 16.6. The average Bonchev–Trinajstić information content (AvgIpc) is 3.31. The molecule has 3 amide bonds. The van der Waals surface area contributed by atoms with E-state index in [-0.39, 0.29) is 11.4 Å². The molecule has 1 N–H and O–H groups in total. The van der Waals surface area contributed by atoms with E-state index in [1.54, 1.807) is 42.5 Å².